The van der Waals surface area contributed by atoms with E-state index in [-0.39, 0.29) is 23.5 Å². The van der Waals surface area contributed by atoms with Gasteiger partial charge in [0.25, 0.3) is 0 Å². The molecule has 0 aliphatic heterocycles. The van der Waals surface area contributed by atoms with Gasteiger partial charge in [0.15, 0.2) is 5.78 Å². The van der Waals surface area contributed by atoms with Gasteiger partial charge in [-0.15, -0.1) is 0 Å². The topological polar surface area (TPSA) is 60.9 Å². The molecule has 2 aromatic rings. The summed E-state index contributed by atoms with van der Waals surface area (Å²) in [7, 11) is 1.77. The molecule has 0 spiro atoms. The van der Waals surface area contributed by atoms with Gasteiger partial charge in [0, 0.05) is 18.3 Å². The average Bonchev–Trinajstić information content (AvgIpc) is 2.61. The van der Waals surface area contributed by atoms with Crippen molar-refractivity contribution in [3.05, 3.63) is 47.0 Å². The zero-order valence-electron chi connectivity index (χ0n) is 10.3. The lowest BCUT2D eigenvalue weighted by molar-refractivity contribution is 0.0991. The van der Waals surface area contributed by atoms with Gasteiger partial charge >= 0.3 is 0 Å². The Morgan fingerprint density at radius 2 is 2.22 bits per heavy atom. The summed E-state index contributed by atoms with van der Waals surface area (Å²) in [4.78, 5) is 12.1. The van der Waals surface area contributed by atoms with Gasteiger partial charge in [-0.1, -0.05) is 6.07 Å². The van der Waals surface area contributed by atoms with E-state index < -0.39 is 5.82 Å². The Labute approximate surface area is 104 Å². The maximum absolute atomic E-state index is 13.3. The van der Waals surface area contributed by atoms with Crippen LogP contribution in [0.3, 0.4) is 0 Å². The number of aromatic nitrogens is 2. The summed E-state index contributed by atoms with van der Waals surface area (Å²) < 4.78 is 14.9. The van der Waals surface area contributed by atoms with Gasteiger partial charge in [-0.2, -0.15) is 5.10 Å². The first-order chi connectivity index (χ1) is 8.49. The van der Waals surface area contributed by atoms with Crippen molar-refractivity contribution in [2.45, 2.75) is 13.3 Å². The Morgan fingerprint density at radius 1 is 1.50 bits per heavy atom. The number of hydrogen-bond acceptors (Lipinski definition) is 3. The van der Waals surface area contributed by atoms with Gasteiger partial charge in [0.05, 0.1) is 17.8 Å². The van der Waals surface area contributed by atoms with Crippen LogP contribution < -0.4 is 5.73 Å². The van der Waals surface area contributed by atoms with Crippen LogP contribution in [-0.2, 0) is 13.5 Å². The number of ketones is 1. The predicted octanol–water partition coefficient (Wildman–Crippen LogP) is 1.88. The molecule has 0 atom stereocenters. The normalized spacial score (nSPS) is 10.6. The zero-order chi connectivity index (χ0) is 13.3. The average molecular weight is 247 g/mol. The Kier molecular flexibility index (Phi) is 3.14. The highest BCUT2D eigenvalue weighted by atomic mass is 19.1. The van der Waals surface area contributed by atoms with Crippen LogP contribution in [0.15, 0.2) is 24.3 Å². The second-order valence-corrected chi connectivity index (χ2v) is 4.20. The first-order valence-corrected chi connectivity index (χ1v) is 5.55. The third kappa shape index (κ3) is 2.25. The van der Waals surface area contributed by atoms with Crippen molar-refractivity contribution in [2.75, 3.05) is 5.73 Å². The van der Waals surface area contributed by atoms with Crippen LogP contribution in [-0.4, -0.2) is 15.6 Å². The van der Waals surface area contributed by atoms with E-state index in [1.807, 2.05) is 13.0 Å². The highest BCUT2D eigenvalue weighted by molar-refractivity contribution is 6.01. The van der Waals surface area contributed by atoms with Crippen LogP contribution in [0.4, 0.5) is 10.1 Å². The number of halogens is 1. The minimum atomic E-state index is -0.568. The molecule has 1 aromatic carbocycles. The van der Waals surface area contributed by atoms with Crippen LogP contribution in [0.25, 0.3) is 0 Å². The summed E-state index contributed by atoms with van der Waals surface area (Å²) in [6.45, 7) is 1.85. The molecule has 0 unspecified atom stereocenters. The third-order valence-electron chi connectivity index (χ3n) is 2.79. The van der Waals surface area contributed by atoms with E-state index in [9.17, 15) is 9.18 Å². The van der Waals surface area contributed by atoms with Gasteiger partial charge in [-0.3, -0.25) is 9.48 Å². The molecule has 1 heterocycles. The van der Waals surface area contributed by atoms with Crippen molar-refractivity contribution in [1.82, 2.24) is 9.78 Å². The maximum Gasteiger partial charge on any atom is 0.170 e. The standard InChI is InChI=1S/C13H14FN3O/c1-8-6-9(17(2)16-8)7-12(18)10-4-3-5-11(14)13(10)15/h3-6H,7,15H2,1-2H3. The summed E-state index contributed by atoms with van der Waals surface area (Å²) in [5.41, 5.74) is 7.30. The van der Waals surface area contributed by atoms with Crippen LogP contribution in [0, 0.1) is 12.7 Å². The second kappa shape index (κ2) is 4.60. The summed E-state index contributed by atoms with van der Waals surface area (Å²) in [5.74, 6) is -0.781. The maximum atomic E-state index is 13.3. The molecular weight excluding hydrogens is 233 g/mol. The zero-order valence-corrected chi connectivity index (χ0v) is 10.3. The number of benzene rings is 1. The van der Waals surface area contributed by atoms with E-state index in [0.29, 0.717) is 0 Å². The van der Waals surface area contributed by atoms with E-state index >= 15 is 0 Å². The summed E-state index contributed by atoms with van der Waals surface area (Å²) in [6, 6.07) is 6.07. The first kappa shape index (κ1) is 12.3. The Balaban J connectivity index is 2.27. The lowest BCUT2D eigenvalue weighted by Crippen LogP contribution is -2.11. The molecule has 0 aliphatic carbocycles. The second-order valence-electron chi connectivity index (χ2n) is 4.20. The van der Waals surface area contributed by atoms with Gasteiger partial charge in [-0.25, -0.2) is 4.39 Å². The van der Waals surface area contributed by atoms with E-state index in [4.69, 9.17) is 5.73 Å². The number of carbonyl (C=O) groups excluding carboxylic acids is 1. The van der Waals surface area contributed by atoms with E-state index in [1.54, 1.807) is 11.7 Å². The Hall–Kier alpha value is -2.17. The number of anilines is 1. The number of rotatable bonds is 3. The number of nitrogen functional groups attached to an aromatic ring is 1. The molecule has 94 valence electrons. The lowest BCUT2D eigenvalue weighted by Gasteiger charge is -2.05. The number of para-hydroxylation sites is 1. The van der Waals surface area contributed by atoms with Gasteiger partial charge < -0.3 is 5.73 Å². The highest BCUT2D eigenvalue weighted by Crippen LogP contribution is 2.18. The number of aryl methyl sites for hydroxylation is 2. The molecule has 0 saturated carbocycles. The summed E-state index contributed by atoms with van der Waals surface area (Å²) in [5, 5.41) is 4.16. The number of Topliss-reactive ketones (excluding diaryl/α,β-unsaturated/α-hetero) is 1. The minimum Gasteiger partial charge on any atom is -0.396 e. The number of hydrogen-bond donors (Lipinski definition) is 1. The Bertz CT molecular complexity index is 604. The largest absolute Gasteiger partial charge is 0.396 e. The first-order valence-electron chi connectivity index (χ1n) is 5.55. The highest BCUT2D eigenvalue weighted by Gasteiger charge is 2.15. The quantitative estimate of drug-likeness (QED) is 0.665. The lowest BCUT2D eigenvalue weighted by atomic mass is 10.0. The monoisotopic (exact) mass is 247 g/mol. The molecule has 1 aromatic heterocycles. The molecule has 5 heteroatoms. The van der Waals surface area contributed by atoms with E-state index in [1.165, 1.54) is 18.2 Å². The fourth-order valence-electron chi connectivity index (χ4n) is 1.87. The van der Waals surface area contributed by atoms with Gasteiger partial charge in [-0.05, 0) is 25.1 Å². The van der Waals surface area contributed by atoms with Crippen molar-refractivity contribution in [1.29, 1.82) is 0 Å². The molecular formula is C13H14FN3O. The van der Waals surface area contributed by atoms with E-state index in [2.05, 4.69) is 5.10 Å². The fourth-order valence-corrected chi connectivity index (χ4v) is 1.87. The Morgan fingerprint density at radius 3 is 2.83 bits per heavy atom. The molecule has 18 heavy (non-hydrogen) atoms. The van der Waals surface area contributed by atoms with Crippen LogP contribution >= 0.6 is 0 Å². The molecule has 0 saturated heterocycles. The van der Waals surface area contributed by atoms with Crippen LogP contribution in [0.1, 0.15) is 21.7 Å². The van der Waals surface area contributed by atoms with E-state index in [0.717, 1.165) is 11.4 Å². The SMILES string of the molecule is Cc1cc(CC(=O)c2cccc(F)c2N)n(C)n1. The van der Waals surface area contributed by atoms with Crippen molar-refractivity contribution < 1.29 is 9.18 Å². The van der Waals surface area contributed by atoms with Crippen molar-refractivity contribution in [3.8, 4) is 0 Å². The molecule has 0 fully saturated rings. The van der Waals surface area contributed by atoms with Crippen LogP contribution in [0.2, 0.25) is 0 Å². The third-order valence-corrected chi connectivity index (χ3v) is 2.79. The molecule has 2 N–H and O–H groups in total. The molecule has 0 bridgehead atoms. The van der Waals surface area contributed by atoms with Gasteiger partial charge in [0.2, 0.25) is 0 Å². The van der Waals surface area contributed by atoms with Crippen molar-refractivity contribution >= 4 is 11.5 Å². The summed E-state index contributed by atoms with van der Waals surface area (Å²) in [6.07, 6.45) is 0.158. The molecule has 4 nitrogen and oxygen atoms in total. The molecule has 0 amide bonds. The molecule has 2 rings (SSSR count). The van der Waals surface area contributed by atoms with Crippen molar-refractivity contribution in [2.24, 2.45) is 7.05 Å². The molecule has 0 aliphatic rings. The number of carbonyl (C=O) groups is 1. The number of nitrogens with zero attached hydrogens (tertiary/aromatic N) is 2. The van der Waals surface area contributed by atoms with Gasteiger partial charge in [0.1, 0.15) is 5.82 Å². The smallest absolute Gasteiger partial charge is 0.170 e. The minimum absolute atomic E-state index is 0.0959. The fraction of sp³-hybridized carbons (Fsp3) is 0.231. The summed E-state index contributed by atoms with van der Waals surface area (Å²) >= 11 is 0. The van der Waals surface area contributed by atoms with Crippen molar-refractivity contribution in [3.63, 3.8) is 0 Å². The number of nitrogens with two attached hydrogens (primary N) is 1. The van der Waals surface area contributed by atoms with Crippen LogP contribution in [0.5, 0.6) is 0 Å². The molecule has 0 radical (unpaired) electrons. The predicted molar refractivity (Wildman–Crippen MR) is 66.8 cm³/mol.